The van der Waals surface area contributed by atoms with Crippen LogP contribution in [0.4, 0.5) is 0 Å². The molecule has 0 saturated heterocycles. The Labute approximate surface area is 171 Å². The normalized spacial score (nSPS) is 13.9. The van der Waals surface area contributed by atoms with Crippen LogP contribution < -0.4 is 0 Å². The number of carbonyl (C=O) groups is 2. The van der Waals surface area contributed by atoms with Crippen LogP contribution in [-0.2, 0) is 28.9 Å². The smallest absolute Gasteiger partial charge is 0.305 e. The van der Waals surface area contributed by atoms with Crippen LogP contribution in [0.15, 0.2) is 0 Å². The summed E-state index contributed by atoms with van der Waals surface area (Å²) in [7, 11) is -3.31. The zero-order valence-corrected chi connectivity index (χ0v) is 18.3. The van der Waals surface area contributed by atoms with Crippen LogP contribution >= 0.6 is 50.5 Å². The quantitative estimate of drug-likeness (QED) is 0.237. The van der Waals surface area contributed by atoms with Gasteiger partial charge in [-0.2, -0.15) is 50.5 Å². The first-order chi connectivity index (χ1) is 11.7. The summed E-state index contributed by atoms with van der Waals surface area (Å²) in [6, 6.07) is 0. The Balaban J connectivity index is 3.87. The molecule has 0 rings (SSSR count). The number of hydrogen-bond acceptors (Lipinski definition) is 10. The largest absolute Gasteiger partial charge is 0.464 e. The molecular weight excluding hydrogens is 424 g/mol. The lowest BCUT2D eigenvalue weighted by atomic mass is 10.3. The van der Waals surface area contributed by atoms with Gasteiger partial charge >= 0.3 is 11.9 Å². The number of carbonyl (C=O) groups excluding carboxylic acids is 2. The fraction of sp³-hybridized carbons (Fsp3) is 0.857. The summed E-state index contributed by atoms with van der Waals surface area (Å²) < 4.78 is 33.6. The molecule has 0 aromatic carbocycles. The van der Waals surface area contributed by atoms with E-state index < -0.39 is 21.8 Å². The molecular formula is C14H26O6S5. The first-order valence-electron chi connectivity index (χ1n) is 7.79. The molecule has 11 heteroatoms. The molecule has 0 bridgehead atoms. The molecule has 0 aliphatic heterocycles. The number of sulfone groups is 1. The van der Waals surface area contributed by atoms with Gasteiger partial charge in [0.2, 0.25) is 0 Å². The van der Waals surface area contributed by atoms with Crippen molar-refractivity contribution in [1.82, 2.24) is 0 Å². The molecule has 0 radical (unpaired) electrons. The van der Waals surface area contributed by atoms with Crippen molar-refractivity contribution in [1.29, 1.82) is 0 Å². The lowest BCUT2D eigenvalue weighted by Crippen LogP contribution is -2.18. The summed E-state index contributed by atoms with van der Waals surface area (Å²) in [6.07, 6.45) is 0.433. The van der Waals surface area contributed by atoms with E-state index in [9.17, 15) is 18.0 Å². The van der Waals surface area contributed by atoms with Crippen LogP contribution in [0.3, 0.4) is 0 Å². The highest BCUT2D eigenvalue weighted by Crippen LogP contribution is 2.06. The Morgan fingerprint density at radius 1 is 0.800 bits per heavy atom. The van der Waals surface area contributed by atoms with Crippen molar-refractivity contribution in [2.24, 2.45) is 0 Å². The second kappa shape index (κ2) is 14.4. The van der Waals surface area contributed by atoms with Crippen molar-refractivity contribution in [2.45, 2.75) is 36.2 Å². The Kier molecular flexibility index (Phi) is 14.5. The predicted octanol–water partition coefficient (Wildman–Crippen LogP) is 1.50. The summed E-state index contributed by atoms with van der Waals surface area (Å²) in [4.78, 5) is 22.9. The first-order valence-corrected chi connectivity index (χ1v) is 11.9. The van der Waals surface area contributed by atoms with Gasteiger partial charge in [0, 0.05) is 34.8 Å². The minimum absolute atomic E-state index is 0.0292. The van der Waals surface area contributed by atoms with E-state index in [1.165, 1.54) is 0 Å². The first kappa shape index (κ1) is 25.3. The predicted molar refractivity (Wildman–Crippen MR) is 112 cm³/mol. The maximum absolute atomic E-state index is 11.9. The Morgan fingerprint density at radius 2 is 1.16 bits per heavy atom. The number of ether oxygens (including phenoxy) is 2. The fourth-order valence-electron chi connectivity index (χ4n) is 1.60. The maximum atomic E-state index is 11.9. The molecule has 0 spiro atoms. The maximum Gasteiger partial charge on any atom is 0.305 e. The second-order valence-corrected chi connectivity index (χ2v) is 9.89. The van der Waals surface area contributed by atoms with Gasteiger partial charge in [0.05, 0.1) is 11.5 Å². The van der Waals surface area contributed by atoms with Crippen molar-refractivity contribution >= 4 is 72.3 Å². The van der Waals surface area contributed by atoms with E-state index in [0.717, 1.165) is 0 Å². The Bertz CT molecular complexity index is 458. The van der Waals surface area contributed by atoms with Gasteiger partial charge in [-0.15, -0.1) is 0 Å². The molecule has 0 N–H and O–H groups in total. The third-order valence-corrected chi connectivity index (χ3v) is 6.91. The van der Waals surface area contributed by atoms with Crippen molar-refractivity contribution in [3.05, 3.63) is 0 Å². The van der Waals surface area contributed by atoms with Gasteiger partial charge in [0.15, 0.2) is 0 Å². The van der Waals surface area contributed by atoms with Crippen LogP contribution in [0.5, 0.6) is 0 Å². The highest BCUT2D eigenvalue weighted by atomic mass is 32.2. The number of thiol groups is 4. The van der Waals surface area contributed by atoms with E-state index in [0.29, 0.717) is 11.5 Å². The van der Waals surface area contributed by atoms with E-state index in [-0.39, 0.29) is 60.9 Å². The van der Waals surface area contributed by atoms with Crippen molar-refractivity contribution in [3.8, 4) is 0 Å². The molecule has 25 heavy (non-hydrogen) atoms. The molecule has 148 valence electrons. The van der Waals surface area contributed by atoms with E-state index in [1.54, 1.807) is 0 Å². The van der Waals surface area contributed by atoms with Crippen molar-refractivity contribution in [3.63, 3.8) is 0 Å². The second-order valence-electron chi connectivity index (χ2n) is 5.40. The van der Waals surface area contributed by atoms with Crippen molar-refractivity contribution in [2.75, 3.05) is 36.2 Å². The zero-order chi connectivity index (χ0) is 19.3. The van der Waals surface area contributed by atoms with Gasteiger partial charge in [-0.25, -0.2) is 8.42 Å². The van der Waals surface area contributed by atoms with Crippen LogP contribution in [0.25, 0.3) is 0 Å². The minimum Gasteiger partial charge on any atom is -0.464 e. The molecule has 0 saturated carbocycles. The molecule has 0 fully saturated rings. The van der Waals surface area contributed by atoms with Gasteiger partial charge in [-0.3, -0.25) is 9.59 Å². The van der Waals surface area contributed by atoms with Crippen LogP contribution in [0.1, 0.15) is 25.7 Å². The summed E-state index contributed by atoms with van der Waals surface area (Å²) in [6.45, 7) is 0.307. The third-order valence-electron chi connectivity index (χ3n) is 2.97. The van der Waals surface area contributed by atoms with Crippen LogP contribution in [-0.4, -0.2) is 67.1 Å². The lowest BCUT2D eigenvalue weighted by molar-refractivity contribution is -0.144. The molecule has 6 nitrogen and oxygen atoms in total. The van der Waals surface area contributed by atoms with Crippen LogP contribution in [0, 0.1) is 0 Å². The molecule has 0 aliphatic carbocycles. The molecule has 0 aromatic heterocycles. The van der Waals surface area contributed by atoms with Gasteiger partial charge in [-0.05, 0) is 12.8 Å². The monoisotopic (exact) mass is 450 g/mol. The molecule has 0 aliphatic rings. The molecule has 2 atom stereocenters. The van der Waals surface area contributed by atoms with Gasteiger partial charge in [0.25, 0.3) is 0 Å². The molecule has 0 aromatic rings. The van der Waals surface area contributed by atoms with E-state index in [1.807, 2.05) is 0 Å². The summed E-state index contributed by atoms with van der Waals surface area (Å²) in [5.74, 6) is -0.179. The zero-order valence-electron chi connectivity index (χ0n) is 13.9. The Hall–Kier alpha value is 0.290. The summed E-state index contributed by atoms with van der Waals surface area (Å²) in [5, 5.41) is -0.275. The highest BCUT2D eigenvalue weighted by molar-refractivity contribution is 7.91. The number of hydrogen-bond donors (Lipinski definition) is 4. The topological polar surface area (TPSA) is 86.7 Å². The standard InChI is InChI=1S/C14H26O6S5/c15-13(19-7-11(23)9-21)3-1-5-25(17,18)6-2-4-14(16)20-8-12(24)10-22/h11-12,21-24H,1-10H2. The third kappa shape index (κ3) is 15.1. The highest BCUT2D eigenvalue weighted by Gasteiger charge is 2.15. The van der Waals surface area contributed by atoms with Crippen LogP contribution in [0.2, 0.25) is 0 Å². The number of rotatable bonds is 14. The van der Waals surface area contributed by atoms with Gasteiger partial charge in [0.1, 0.15) is 23.1 Å². The summed E-state index contributed by atoms with van der Waals surface area (Å²) >= 11 is 16.3. The van der Waals surface area contributed by atoms with Crippen molar-refractivity contribution < 1.29 is 27.5 Å². The molecule has 2 unspecified atom stereocenters. The minimum atomic E-state index is -3.31. The average Bonchev–Trinajstić information content (AvgIpc) is 2.56. The van der Waals surface area contributed by atoms with Gasteiger partial charge < -0.3 is 9.47 Å². The Morgan fingerprint density at radius 3 is 1.48 bits per heavy atom. The summed E-state index contributed by atoms with van der Waals surface area (Å²) in [5.41, 5.74) is 0. The van der Waals surface area contributed by atoms with Gasteiger partial charge in [-0.1, -0.05) is 0 Å². The van der Waals surface area contributed by atoms with E-state index >= 15 is 0 Å². The molecule has 0 amide bonds. The van der Waals surface area contributed by atoms with E-state index in [4.69, 9.17) is 9.47 Å². The molecule has 0 heterocycles. The average molecular weight is 451 g/mol. The number of esters is 2. The lowest BCUT2D eigenvalue weighted by Gasteiger charge is -2.09. The SMILES string of the molecule is O=C(CCCS(=O)(=O)CCCC(=O)OCC(S)CS)OCC(S)CS. The fourth-order valence-corrected chi connectivity index (χ4v) is 3.34. The van der Waals surface area contributed by atoms with E-state index in [2.05, 4.69) is 50.5 Å².